The molecule has 6 nitrogen and oxygen atoms in total. The van der Waals surface area contributed by atoms with E-state index in [1.54, 1.807) is 24.3 Å². The highest BCUT2D eigenvalue weighted by Gasteiger charge is 2.21. The fourth-order valence-corrected chi connectivity index (χ4v) is 2.44. The summed E-state index contributed by atoms with van der Waals surface area (Å²) in [5, 5.41) is 14.3. The summed E-state index contributed by atoms with van der Waals surface area (Å²) in [7, 11) is 0. The standard InChI is InChI=1S/C19H24N2O4/c1-2-3-4-6-14-8-10-15(11-9-14)20-18(23)19(24)21-16(13-22)17-7-5-12-25-17/h5,7-12,16,22H,2-4,6,13H2,1H3,(H,20,23)(H,21,24). The molecule has 0 spiro atoms. The predicted molar refractivity (Wildman–Crippen MR) is 95.0 cm³/mol. The van der Waals surface area contributed by atoms with Crippen molar-refractivity contribution in [3.05, 3.63) is 54.0 Å². The third-order valence-electron chi connectivity index (χ3n) is 3.86. The van der Waals surface area contributed by atoms with Crippen LogP contribution in [0.15, 0.2) is 47.1 Å². The number of aliphatic hydroxyl groups is 1. The highest BCUT2D eigenvalue weighted by atomic mass is 16.3. The molecule has 2 aromatic rings. The molecule has 1 atom stereocenters. The zero-order valence-corrected chi connectivity index (χ0v) is 14.3. The third-order valence-corrected chi connectivity index (χ3v) is 3.86. The summed E-state index contributed by atoms with van der Waals surface area (Å²) >= 11 is 0. The van der Waals surface area contributed by atoms with E-state index in [1.807, 2.05) is 12.1 Å². The maximum absolute atomic E-state index is 12.0. The average Bonchev–Trinajstić information content (AvgIpc) is 3.15. The number of carbonyl (C=O) groups excluding carboxylic acids is 2. The van der Waals surface area contributed by atoms with E-state index in [0.29, 0.717) is 11.4 Å². The molecule has 1 aromatic carbocycles. The summed E-state index contributed by atoms with van der Waals surface area (Å²) in [5.41, 5.74) is 1.76. The van der Waals surface area contributed by atoms with Crippen LogP contribution in [-0.2, 0) is 16.0 Å². The van der Waals surface area contributed by atoms with Crippen LogP contribution in [0.3, 0.4) is 0 Å². The minimum Gasteiger partial charge on any atom is -0.467 e. The predicted octanol–water partition coefficient (Wildman–Crippen LogP) is 2.80. The Kier molecular flexibility index (Phi) is 7.22. The Labute approximate surface area is 147 Å². The van der Waals surface area contributed by atoms with E-state index in [9.17, 15) is 14.7 Å². The van der Waals surface area contributed by atoms with Crippen LogP contribution in [0.25, 0.3) is 0 Å². The molecule has 2 amide bonds. The van der Waals surface area contributed by atoms with Crippen molar-refractivity contribution < 1.29 is 19.1 Å². The van der Waals surface area contributed by atoms with Gasteiger partial charge in [0.1, 0.15) is 11.8 Å². The van der Waals surface area contributed by atoms with Gasteiger partial charge < -0.3 is 20.2 Å². The molecule has 25 heavy (non-hydrogen) atoms. The number of aryl methyl sites for hydroxylation is 1. The molecule has 0 saturated carbocycles. The Balaban J connectivity index is 1.87. The van der Waals surface area contributed by atoms with Gasteiger partial charge in [0.25, 0.3) is 0 Å². The van der Waals surface area contributed by atoms with Gasteiger partial charge in [-0.05, 0) is 42.7 Å². The van der Waals surface area contributed by atoms with E-state index in [2.05, 4.69) is 17.6 Å². The maximum Gasteiger partial charge on any atom is 0.313 e. The lowest BCUT2D eigenvalue weighted by atomic mass is 10.1. The second-order valence-electron chi connectivity index (χ2n) is 5.83. The largest absolute Gasteiger partial charge is 0.467 e. The monoisotopic (exact) mass is 344 g/mol. The summed E-state index contributed by atoms with van der Waals surface area (Å²) in [6.07, 6.45) is 5.95. The van der Waals surface area contributed by atoms with Crippen molar-refractivity contribution in [3.63, 3.8) is 0 Å². The van der Waals surface area contributed by atoms with E-state index < -0.39 is 17.9 Å². The van der Waals surface area contributed by atoms with Gasteiger partial charge in [0, 0.05) is 5.69 Å². The van der Waals surface area contributed by atoms with Crippen LogP contribution in [0.4, 0.5) is 5.69 Å². The zero-order chi connectivity index (χ0) is 18.1. The van der Waals surface area contributed by atoms with E-state index in [0.717, 1.165) is 12.8 Å². The molecule has 134 valence electrons. The smallest absolute Gasteiger partial charge is 0.313 e. The maximum atomic E-state index is 12.0. The normalized spacial score (nSPS) is 11.8. The molecule has 6 heteroatoms. The van der Waals surface area contributed by atoms with Gasteiger partial charge in [0.2, 0.25) is 0 Å². The quantitative estimate of drug-likeness (QED) is 0.507. The minimum atomic E-state index is -0.831. The fraction of sp³-hybridized carbons (Fsp3) is 0.368. The summed E-state index contributed by atoms with van der Waals surface area (Å²) in [6, 6.07) is 9.97. The van der Waals surface area contributed by atoms with Gasteiger partial charge in [-0.25, -0.2) is 0 Å². The average molecular weight is 344 g/mol. The van der Waals surface area contributed by atoms with E-state index in [-0.39, 0.29) is 6.61 Å². The molecule has 1 unspecified atom stereocenters. The summed E-state index contributed by atoms with van der Waals surface area (Å²) in [5.74, 6) is -1.23. The fourth-order valence-electron chi connectivity index (χ4n) is 2.44. The number of hydrogen-bond acceptors (Lipinski definition) is 4. The lowest BCUT2D eigenvalue weighted by molar-refractivity contribution is -0.136. The summed E-state index contributed by atoms with van der Waals surface area (Å²) in [6.45, 7) is 1.80. The van der Waals surface area contributed by atoms with Crippen molar-refractivity contribution in [3.8, 4) is 0 Å². The van der Waals surface area contributed by atoms with Crippen LogP contribution in [-0.4, -0.2) is 23.5 Å². The molecule has 2 rings (SSSR count). The van der Waals surface area contributed by atoms with Crippen LogP contribution in [0.5, 0.6) is 0 Å². The number of furan rings is 1. The number of benzene rings is 1. The van der Waals surface area contributed by atoms with E-state index >= 15 is 0 Å². The van der Waals surface area contributed by atoms with Gasteiger partial charge in [-0.3, -0.25) is 9.59 Å². The number of anilines is 1. The lowest BCUT2D eigenvalue weighted by Crippen LogP contribution is -2.38. The van der Waals surface area contributed by atoms with Gasteiger partial charge in [-0.15, -0.1) is 0 Å². The van der Waals surface area contributed by atoms with Crippen LogP contribution in [0.2, 0.25) is 0 Å². The van der Waals surface area contributed by atoms with Crippen LogP contribution < -0.4 is 10.6 Å². The van der Waals surface area contributed by atoms with Gasteiger partial charge in [-0.1, -0.05) is 31.9 Å². The SMILES string of the molecule is CCCCCc1ccc(NC(=O)C(=O)NC(CO)c2ccco2)cc1. The van der Waals surface area contributed by atoms with Crippen molar-refractivity contribution in [2.75, 3.05) is 11.9 Å². The van der Waals surface area contributed by atoms with E-state index in [1.165, 1.54) is 24.7 Å². The van der Waals surface area contributed by atoms with Gasteiger partial charge in [0.05, 0.1) is 12.9 Å². The second-order valence-corrected chi connectivity index (χ2v) is 5.83. The first-order chi connectivity index (χ1) is 12.1. The second kappa shape index (κ2) is 9.64. The molecule has 0 aliphatic heterocycles. The molecule has 1 aromatic heterocycles. The zero-order valence-electron chi connectivity index (χ0n) is 14.3. The molecular weight excluding hydrogens is 320 g/mol. The van der Waals surface area contributed by atoms with Crippen molar-refractivity contribution in [2.24, 2.45) is 0 Å². The molecule has 1 heterocycles. The van der Waals surface area contributed by atoms with Gasteiger partial charge >= 0.3 is 11.8 Å². The first-order valence-corrected chi connectivity index (χ1v) is 8.49. The Morgan fingerprint density at radius 3 is 2.48 bits per heavy atom. The Bertz CT molecular complexity index is 665. The van der Waals surface area contributed by atoms with Crippen molar-refractivity contribution >= 4 is 17.5 Å². The Hall–Kier alpha value is -2.60. The molecule has 0 fully saturated rings. The molecule has 0 aliphatic carbocycles. The third kappa shape index (κ3) is 5.76. The lowest BCUT2D eigenvalue weighted by Gasteiger charge is -2.13. The van der Waals surface area contributed by atoms with Crippen molar-refractivity contribution in [2.45, 2.75) is 38.6 Å². The van der Waals surface area contributed by atoms with Gasteiger partial charge in [-0.2, -0.15) is 0 Å². The molecule has 0 bridgehead atoms. The number of amides is 2. The van der Waals surface area contributed by atoms with Crippen molar-refractivity contribution in [1.82, 2.24) is 5.32 Å². The number of unbranched alkanes of at least 4 members (excludes halogenated alkanes) is 2. The molecule has 0 aliphatic rings. The Morgan fingerprint density at radius 1 is 1.12 bits per heavy atom. The summed E-state index contributed by atoms with van der Waals surface area (Å²) in [4.78, 5) is 24.0. The number of hydrogen-bond donors (Lipinski definition) is 3. The Morgan fingerprint density at radius 2 is 1.88 bits per heavy atom. The van der Waals surface area contributed by atoms with E-state index in [4.69, 9.17) is 4.42 Å². The first-order valence-electron chi connectivity index (χ1n) is 8.49. The molecule has 0 radical (unpaired) electrons. The number of nitrogens with one attached hydrogen (secondary N) is 2. The highest BCUT2D eigenvalue weighted by Crippen LogP contribution is 2.14. The number of carbonyl (C=O) groups is 2. The van der Waals surface area contributed by atoms with Gasteiger partial charge in [0.15, 0.2) is 0 Å². The van der Waals surface area contributed by atoms with Crippen molar-refractivity contribution in [1.29, 1.82) is 0 Å². The molecule has 0 saturated heterocycles. The minimum absolute atomic E-state index is 0.362. The van der Waals surface area contributed by atoms with Crippen LogP contribution >= 0.6 is 0 Å². The first kappa shape index (κ1) is 18.7. The molecule has 3 N–H and O–H groups in total. The number of rotatable bonds is 8. The van der Waals surface area contributed by atoms with Crippen LogP contribution in [0.1, 0.15) is 43.6 Å². The number of aliphatic hydroxyl groups excluding tert-OH is 1. The summed E-state index contributed by atoms with van der Waals surface area (Å²) < 4.78 is 5.13. The topological polar surface area (TPSA) is 91.6 Å². The highest BCUT2D eigenvalue weighted by molar-refractivity contribution is 6.39. The van der Waals surface area contributed by atoms with Crippen LogP contribution in [0, 0.1) is 0 Å². The molecular formula is C19H24N2O4.